The number of aromatic nitrogens is 1. The van der Waals surface area contributed by atoms with Crippen molar-refractivity contribution in [3.05, 3.63) is 40.4 Å². The zero-order valence-electron chi connectivity index (χ0n) is 29.2. The van der Waals surface area contributed by atoms with Crippen LogP contribution in [-0.4, -0.2) is 129 Å². The van der Waals surface area contributed by atoms with Crippen LogP contribution in [0.3, 0.4) is 0 Å². The van der Waals surface area contributed by atoms with Gasteiger partial charge in [-0.15, -0.1) is 15.6 Å². The number of aliphatic hydroxyl groups excluding tert-OH is 1. The number of fused-ring (bicyclic) bond motifs is 1. The zero-order chi connectivity index (χ0) is 38.9. The highest BCUT2D eigenvalue weighted by Gasteiger charge is 2.58. The average molecular weight is 782 g/mol. The molecule has 0 aliphatic carbocycles. The number of thiazole rings is 1. The van der Waals surface area contributed by atoms with Gasteiger partial charge in [0, 0.05) is 37.1 Å². The fourth-order valence-corrected chi connectivity index (χ4v) is 7.21. The van der Waals surface area contributed by atoms with Gasteiger partial charge in [0.25, 0.3) is 17.4 Å². The van der Waals surface area contributed by atoms with Crippen LogP contribution in [0, 0.1) is 0 Å². The number of carbonyl (C=O) groups excluding carboxylic acids is 2. The maximum absolute atomic E-state index is 13.5. The van der Waals surface area contributed by atoms with Gasteiger partial charge >= 0.3 is 16.4 Å². The van der Waals surface area contributed by atoms with Crippen molar-refractivity contribution in [2.24, 2.45) is 21.6 Å². The Kier molecular flexibility index (Phi) is 11.6. The monoisotopic (exact) mass is 781 g/mol. The number of anilines is 1. The summed E-state index contributed by atoms with van der Waals surface area (Å²) in [6, 6.07) is 3.92. The summed E-state index contributed by atoms with van der Waals surface area (Å²) in [5, 5.41) is 28.3. The van der Waals surface area contributed by atoms with E-state index in [4.69, 9.17) is 36.3 Å². The highest BCUT2D eigenvalue weighted by atomic mass is 32.3. The van der Waals surface area contributed by atoms with E-state index in [9.17, 15) is 33.0 Å². The number of benzene rings is 1. The van der Waals surface area contributed by atoms with Gasteiger partial charge in [0.2, 0.25) is 0 Å². The number of piperidine rings is 1. The molecule has 4 atom stereocenters. The molecule has 1 aromatic heterocycles. The topological polar surface area (TPSA) is 308 Å². The lowest BCUT2D eigenvalue weighted by atomic mass is 9.84. The van der Waals surface area contributed by atoms with E-state index in [1.54, 1.807) is 12.1 Å². The Bertz CT molecular complexity index is 1900. The minimum absolute atomic E-state index is 0.0223. The highest BCUT2D eigenvalue weighted by molar-refractivity contribution is 7.80. The molecule has 2 aromatic rings. The Hall–Kier alpha value is -4.45. The van der Waals surface area contributed by atoms with Gasteiger partial charge in [-0.3, -0.25) is 19.1 Å². The van der Waals surface area contributed by atoms with Gasteiger partial charge in [-0.05, 0) is 70.2 Å². The molecule has 0 radical (unpaired) electrons. The quantitative estimate of drug-likeness (QED) is 0.0398. The maximum Gasteiger partial charge on any atom is 0.418 e. The first-order valence-electron chi connectivity index (χ1n) is 16.6. The number of hydrogen-bond acceptors (Lipinski definition) is 16. The molecule has 0 spiro atoms. The van der Waals surface area contributed by atoms with Crippen molar-refractivity contribution < 1.29 is 51.4 Å². The van der Waals surface area contributed by atoms with Crippen molar-refractivity contribution in [3.63, 3.8) is 0 Å². The number of carbonyl (C=O) groups is 3. The third-order valence-corrected chi connectivity index (χ3v) is 10.4. The molecule has 4 heterocycles. The average Bonchev–Trinajstić information content (AvgIpc) is 3.54. The number of β-lactam (4-membered cyclic amide) rings is 1. The number of amidine groups is 1. The second-order valence-corrected chi connectivity index (χ2v) is 15.5. The van der Waals surface area contributed by atoms with Crippen LogP contribution >= 0.6 is 11.3 Å². The number of nitrogen functional groups attached to an aromatic ring is 1. The summed E-state index contributed by atoms with van der Waals surface area (Å²) in [5.74, 6) is -2.71. The Balaban J connectivity index is 1.29. The standard InChI is InChI=1S/C31H43N9O11S2/c1-30(2)24(27(43)40(30)51-53(46,47)48)37-26(42)23(20-15-52-29(34)36-20)38-50-31(3,28(44)45)22-7-5-16-12-17(4-6-21(16)49-22)25(33)35-18-8-10-39(11-9-18)14-19(41)13-32/h4,6,12,15,18-19,22,24,41H,5,7-11,13-14,32H2,1-3H3,(H2,33,35)(H2,34,36)(H,37,42)(H,44,45)(H,46,47,48)/b38-23-/t19-,22-,24-,31+/m1/s1. The second kappa shape index (κ2) is 15.5. The number of carboxylic acid groups (broad SMARTS) is 1. The van der Waals surface area contributed by atoms with Crippen LogP contribution in [-0.2, 0) is 40.3 Å². The number of aliphatic carboxylic acids is 1. The predicted octanol–water partition coefficient (Wildman–Crippen LogP) is -0.988. The predicted molar refractivity (Wildman–Crippen MR) is 190 cm³/mol. The first kappa shape index (κ1) is 39.8. The van der Waals surface area contributed by atoms with E-state index in [-0.39, 0.29) is 29.8 Å². The fraction of sp³-hybridized carbons (Fsp3) is 0.548. The summed E-state index contributed by atoms with van der Waals surface area (Å²) < 4.78 is 41.8. The van der Waals surface area contributed by atoms with E-state index in [0.29, 0.717) is 35.2 Å². The van der Waals surface area contributed by atoms with Gasteiger partial charge in [-0.25, -0.2) is 9.78 Å². The van der Waals surface area contributed by atoms with Crippen molar-refractivity contribution >= 4 is 56.2 Å². The van der Waals surface area contributed by atoms with E-state index in [1.165, 1.54) is 26.2 Å². The SMILES string of the molecule is CC1(C)[C@H](NC(=O)/C(=N\O[C@](C)(C(=O)O)[C@H]2CCc3cc(C(N)=NC4CCN(C[C@H](O)CN)CC4)ccc3O2)c2csc(N)n2)C(=O)N1OS(=O)(=O)O. The first-order chi connectivity index (χ1) is 24.8. The fourth-order valence-electron chi connectivity index (χ4n) is 6.21. The Labute approximate surface area is 308 Å². The number of aliphatic hydroxyl groups is 1. The van der Waals surface area contributed by atoms with E-state index in [1.807, 2.05) is 6.07 Å². The van der Waals surface area contributed by atoms with Gasteiger partial charge in [-0.2, -0.15) is 13.5 Å². The molecular weight excluding hydrogens is 739 g/mol. The summed E-state index contributed by atoms with van der Waals surface area (Å²) in [7, 11) is -5.04. The molecule has 3 aliphatic rings. The molecule has 2 saturated heterocycles. The Morgan fingerprint density at radius 1 is 1.26 bits per heavy atom. The molecule has 0 saturated carbocycles. The van der Waals surface area contributed by atoms with Crippen LogP contribution in [0.15, 0.2) is 33.7 Å². The lowest BCUT2D eigenvalue weighted by molar-refractivity contribution is -0.218. The second-order valence-electron chi connectivity index (χ2n) is 13.6. The minimum Gasteiger partial charge on any atom is -0.485 e. The number of hydrogen-bond donors (Lipinski definition) is 7. The molecule has 290 valence electrons. The number of likely N-dealkylation sites (tertiary alicyclic amines) is 1. The van der Waals surface area contributed by atoms with Crippen LogP contribution in [0.2, 0.25) is 0 Å². The van der Waals surface area contributed by atoms with Crippen LogP contribution in [0.1, 0.15) is 56.9 Å². The zero-order valence-corrected chi connectivity index (χ0v) is 30.8. The summed E-state index contributed by atoms with van der Waals surface area (Å²) in [4.78, 5) is 55.4. The number of ether oxygens (including phenoxy) is 1. The molecule has 0 unspecified atom stereocenters. The molecule has 2 fully saturated rings. The van der Waals surface area contributed by atoms with Crippen molar-refractivity contribution in [1.29, 1.82) is 0 Å². The van der Waals surface area contributed by atoms with Crippen LogP contribution in [0.4, 0.5) is 5.13 Å². The highest BCUT2D eigenvalue weighted by Crippen LogP contribution is 2.35. The van der Waals surface area contributed by atoms with Crippen molar-refractivity contribution in [2.75, 3.05) is 31.9 Å². The number of hydroxylamine groups is 2. The molecule has 10 N–H and O–H groups in total. The largest absolute Gasteiger partial charge is 0.485 e. The van der Waals surface area contributed by atoms with Gasteiger partial charge < -0.3 is 47.2 Å². The third kappa shape index (κ3) is 8.86. The number of β-amino-alcohol motifs (C(OH)–C–C–N with tert-alkyl or cyclic N) is 1. The molecule has 1 aromatic carbocycles. The molecule has 3 aliphatic heterocycles. The molecule has 20 nitrogen and oxygen atoms in total. The van der Waals surface area contributed by atoms with Crippen molar-refractivity contribution in [3.8, 4) is 5.75 Å². The van der Waals surface area contributed by atoms with Gasteiger partial charge in [0.15, 0.2) is 16.9 Å². The smallest absolute Gasteiger partial charge is 0.418 e. The number of carboxylic acids is 1. The summed E-state index contributed by atoms with van der Waals surface area (Å²) >= 11 is 0.959. The maximum atomic E-state index is 13.5. The molecule has 22 heteroatoms. The van der Waals surface area contributed by atoms with Crippen LogP contribution in [0.25, 0.3) is 0 Å². The van der Waals surface area contributed by atoms with E-state index >= 15 is 0 Å². The van der Waals surface area contributed by atoms with Crippen LogP contribution in [0.5, 0.6) is 5.75 Å². The van der Waals surface area contributed by atoms with Crippen molar-refractivity contribution in [2.45, 2.75) is 81.9 Å². The Morgan fingerprint density at radius 2 is 1.96 bits per heavy atom. The number of amides is 2. The number of oxime groups is 1. The summed E-state index contributed by atoms with van der Waals surface area (Å²) in [6.45, 7) is 6.23. The first-order valence-corrected chi connectivity index (χ1v) is 18.8. The molecule has 5 rings (SSSR count). The van der Waals surface area contributed by atoms with E-state index in [2.05, 4.69) is 24.6 Å². The van der Waals surface area contributed by atoms with E-state index < -0.39 is 63.3 Å². The molecule has 53 heavy (non-hydrogen) atoms. The third-order valence-electron chi connectivity index (χ3n) is 9.39. The van der Waals surface area contributed by atoms with Crippen molar-refractivity contribution in [1.82, 2.24) is 20.3 Å². The number of nitrogens with one attached hydrogen (secondary N) is 1. The number of nitrogens with two attached hydrogens (primary N) is 3. The number of nitrogens with zero attached hydrogens (tertiary/aromatic N) is 5. The normalized spacial score (nSPS) is 22.9. The number of aryl methyl sites for hydroxylation is 1. The van der Waals surface area contributed by atoms with Crippen LogP contribution < -0.4 is 27.3 Å². The van der Waals surface area contributed by atoms with Gasteiger partial charge in [0.1, 0.15) is 23.3 Å². The van der Waals surface area contributed by atoms with Gasteiger partial charge in [-0.1, -0.05) is 5.16 Å². The summed E-state index contributed by atoms with van der Waals surface area (Å²) in [6.07, 6.45) is 0.479. The van der Waals surface area contributed by atoms with Gasteiger partial charge in [0.05, 0.1) is 17.7 Å². The minimum atomic E-state index is -5.04. The van der Waals surface area contributed by atoms with E-state index in [0.717, 1.165) is 42.8 Å². The number of rotatable bonds is 14. The lowest BCUT2D eigenvalue weighted by Crippen LogP contribution is -2.76. The Morgan fingerprint density at radius 3 is 2.55 bits per heavy atom. The molecular formula is C31H43N9O11S2. The number of aliphatic imine (C=N–C) groups is 1. The summed E-state index contributed by atoms with van der Waals surface area (Å²) in [5.41, 5.74) is 14.9. The lowest BCUT2D eigenvalue weighted by Gasteiger charge is -2.50. The molecule has 2 amide bonds. The molecule has 0 bridgehead atoms.